The summed E-state index contributed by atoms with van der Waals surface area (Å²) in [5.41, 5.74) is 7.06. The summed E-state index contributed by atoms with van der Waals surface area (Å²) in [6.07, 6.45) is -0.304. The molecule has 0 radical (unpaired) electrons. The van der Waals surface area contributed by atoms with Gasteiger partial charge in [0.15, 0.2) is 5.84 Å². The van der Waals surface area contributed by atoms with Crippen molar-refractivity contribution in [3.63, 3.8) is 0 Å². The third-order valence-corrected chi connectivity index (χ3v) is 10.5. The highest BCUT2D eigenvalue weighted by Crippen LogP contribution is 2.39. The number of hydrogen-bond acceptors (Lipinski definition) is 5. The molecule has 4 nitrogen and oxygen atoms in total. The summed E-state index contributed by atoms with van der Waals surface area (Å²) in [4.78, 5) is 10.5. The Labute approximate surface area is 280 Å². The Hall–Kier alpha value is -6.04. The van der Waals surface area contributed by atoms with Gasteiger partial charge in [-0.3, -0.25) is 0 Å². The lowest BCUT2D eigenvalue weighted by Crippen LogP contribution is -2.33. The van der Waals surface area contributed by atoms with Crippen LogP contribution >= 0.6 is 11.3 Å². The van der Waals surface area contributed by atoms with E-state index in [1.165, 1.54) is 30.9 Å². The fraction of sp³-hybridized carbons (Fsp3) is 0.0233. The highest BCUT2D eigenvalue weighted by Gasteiger charge is 2.25. The van der Waals surface area contributed by atoms with Gasteiger partial charge in [-0.1, -0.05) is 115 Å². The van der Waals surface area contributed by atoms with Crippen molar-refractivity contribution < 1.29 is 4.42 Å². The number of amidine groups is 2. The monoisotopic (exact) mass is 633 g/mol. The number of rotatable bonds is 4. The van der Waals surface area contributed by atoms with Crippen LogP contribution in [0.1, 0.15) is 22.9 Å². The van der Waals surface area contributed by atoms with Crippen molar-refractivity contribution >= 4 is 75.9 Å². The maximum absolute atomic E-state index is 6.54. The number of fused-ring (bicyclic) bond motifs is 7. The first-order valence-electron chi connectivity index (χ1n) is 16.1. The molecular weight excluding hydrogens is 607 g/mol. The molecule has 1 N–H and O–H groups in total. The second kappa shape index (κ2) is 10.8. The molecule has 10 rings (SSSR count). The summed E-state index contributed by atoms with van der Waals surface area (Å²) < 4.78 is 9.03. The van der Waals surface area contributed by atoms with E-state index in [0.29, 0.717) is 0 Å². The molecule has 1 aliphatic rings. The molecule has 0 fully saturated rings. The number of thiophene rings is 1. The average Bonchev–Trinajstić information content (AvgIpc) is 3.73. The van der Waals surface area contributed by atoms with Crippen LogP contribution in [0.25, 0.3) is 64.0 Å². The lowest BCUT2D eigenvalue weighted by Gasteiger charge is -2.24. The minimum absolute atomic E-state index is 0.304. The molecule has 1 atom stereocenters. The summed E-state index contributed by atoms with van der Waals surface area (Å²) in [7, 11) is 0. The summed E-state index contributed by atoms with van der Waals surface area (Å²) in [5, 5.41) is 10.7. The van der Waals surface area contributed by atoms with E-state index in [1.807, 2.05) is 18.2 Å². The van der Waals surface area contributed by atoms with Gasteiger partial charge in [0.05, 0.1) is 0 Å². The quantitative estimate of drug-likeness (QED) is 0.210. The Morgan fingerprint density at radius 2 is 1.29 bits per heavy atom. The van der Waals surface area contributed by atoms with Crippen molar-refractivity contribution in [2.24, 2.45) is 9.98 Å². The van der Waals surface area contributed by atoms with E-state index in [1.54, 1.807) is 11.3 Å². The van der Waals surface area contributed by atoms with Crippen LogP contribution in [0.2, 0.25) is 0 Å². The molecule has 0 aliphatic carbocycles. The van der Waals surface area contributed by atoms with Crippen molar-refractivity contribution in [3.05, 3.63) is 168 Å². The number of nitrogens with zero attached hydrogens (tertiary/aromatic N) is 2. The van der Waals surface area contributed by atoms with E-state index >= 15 is 0 Å². The number of furan rings is 1. The molecule has 2 aromatic heterocycles. The van der Waals surface area contributed by atoms with Gasteiger partial charge >= 0.3 is 0 Å². The zero-order chi connectivity index (χ0) is 31.6. The molecule has 5 heteroatoms. The zero-order valence-corrected chi connectivity index (χ0v) is 26.5. The van der Waals surface area contributed by atoms with E-state index < -0.39 is 0 Å². The number of aliphatic imine (C=N–C) groups is 2. The van der Waals surface area contributed by atoms with Crippen molar-refractivity contribution in [1.29, 1.82) is 0 Å². The molecular formula is C43H27N3OS. The number of nitrogens with one attached hydrogen (secondary N) is 1. The van der Waals surface area contributed by atoms with Gasteiger partial charge < -0.3 is 9.73 Å². The molecule has 0 saturated heterocycles. The molecule has 3 heterocycles. The van der Waals surface area contributed by atoms with Crippen molar-refractivity contribution in [3.8, 4) is 11.1 Å². The molecule has 7 aromatic carbocycles. The fourth-order valence-electron chi connectivity index (χ4n) is 7.04. The Kier molecular flexibility index (Phi) is 6.08. The molecule has 9 aromatic rings. The topological polar surface area (TPSA) is 49.9 Å². The Morgan fingerprint density at radius 1 is 0.542 bits per heavy atom. The van der Waals surface area contributed by atoms with Gasteiger partial charge in [0.1, 0.15) is 23.2 Å². The second-order valence-corrected chi connectivity index (χ2v) is 13.3. The Balaban J connectivity index is 1.15. The summed E-state index contributed by atoms with van der Waals surface area (Å²) in [5.74, 6) is 1.49. The maximum atomic E-state index is 6.54. The molecule has 0 amide bonds. The lowest BCUT2D eigenvalue weighted by molar-refractivity contribution is 0.668. The molecule has 1 aliphatic heterocycles. The highest BCUT2D eigenvalue weighted by molar-refractivity contribution is 7.25. The molecule has 0 bridgehead atoms. The first-order chi connectivity index (χ1) is 23.8. The van der Waals surface area contributed by atoms with Gasteiger partial charge in [-0.25, -0.2) is 9.98 Å². The van der Waals surface area contributed by atoms with E-state index in [9.17, 15) is 0 Å². The molecule has 48 heavy (non-hydrogen) atoms. The van der Waals surface area contributed by atoms with Crippen LogP contribution in [-0.2, 0) is 0 Å². The molecule has 0 spiro atoms. The predicted octanol–water partition coefficient (Wildman–Crippen LogP) is 11.3. The van der Waals surface area contributed by atoms with E-state index in [-0.39, 0.29) is 6.17 Å². The molecule has 1 unspecified atom stereocenters. The van der Waals surface area contributed by atoms with Crippen LogP contribution in [0.3, 0.4) is 0 Å². The smallest absolute Gasteiger partial charge is 0.160 e. The Bertz CT molecular complexity index is 2770. The minimum atomic E-state index is -0.304. The van der Waals surface area contributed by atoms with Gasteiger partial charge in [0, 0.05) is 42.1 Å². The van der Waals surface area contributed by atoms with Crippen LogP contribution < -0.4 is 5.32 Å². The first kappa shape index (κ1) is 27.1. The minimum Gasteiger partial charge on any atom is -0.456 e. The van der Waals surface area contributed by atoms with Crippen molar-refractivity contribution in [2.75, 3.05) is 0 Å². The van der Waals surface area contributed by atoms with Gasteiger partial charge in [-0.05, 0) is 63.9 Å². The average molecular weight is 634 g/mol. The summed E-state index contributed by atoms with van der Waals surface area (Å²) in [6, 6.07) is 53.2. The summed E-state index contributed by atoms with van der Waals surface area (Å²) >= 11 is 1.81. The van der Waals surface area contributed by atoms with Crippen LogP contribution in [0, 0.1) is 0 Å². The molecule has 226 valence electrons. The zero-order valence-electron chi connectivity index (χ0n) is 25.7. The third-order valence-electron chi connectivity index (χ3n) is 9.34. The standard InChI is InChI=1S/C43H27N3OS/c1-2-11-27(12-3-1)41-44-42(46-43(45-41)34-16-9-19-38-40(34)32-14-6-7-18-37(32)48-38)33-15-8-17-35-39(33)31-23-22-30(25-36(31)47-35)29-21-20-26-10-4-5-13-28(26)24-29/h1-25,41H,(H,44,45,46). The maximum Gasteiger partial charge on any atom is 0.160 e. The molecule has 0 saturated carbocycles. The van der Waals surface area contributed by atoms with E-state index in [2.05, 4.69) is 139 Å². The normalized spacial score (nSPS) is 14.9. The van der Waals surface area contributed by atoms with Gasteiger partial charge in [0.2, 0.25) is 0 Å². The second-order valence-electron chi connectivity index (χ2n) is 12.2. The van der Waals surface area contributed by atoms with Crippen LogP contribution in [0.15, 0.2) is 166 Å². The van der Waals surface area contributed by atoms with Gasteiger partial charge in [0.25, 0.3) is 0 Å². The lowest BCUT2D eigenvalue weighted by atomic mass is 9.99. The SMILES string of the molecule is c1ccc(C2N=C(c3cccc4sc5ccccc5c34)N=C(c3cccc4oc5cc(-c6ccc7ccccc7c6)ccc5c34)N2)cc1. The van der Waals surface area contributed by atoms with Crippen LogP contribution in [0.4, 0.5) is 0 Å². The predicted molar refractivity (Wildman–Crippen MR) is 201 cm³/mol. The number of benzene rings is 7. The van der Waals surface area contributed by atoms with Crippen molar-refractivity contribution in [2.45, 2.75) is 6.17 Å². The van der Waals surface area contributed by atoms with Crippen LogP contribution in [-0.4, -0.2) is 11.7 Å². The number of hydrogen-bond donors (Lipinski definition) is 1. The van der Waals surface area contributed by atoms with Crippen molar-refractivity contribution in [1.82, 2.24) is 5.32 Å². The van der Waals surface area contributed by atoms with E-state index in [4.69, 9.17) is 14.4 Å². The largest absolute Gasteiger partial charge is 0.456 e. The fourth-order valence-corrected chi connectivity index (χ4v) is 8.18. The Morgan fingerprint density at radius 3 is 2.23 bits per heavy atom. The van der Waals surface area contributed by atoms with Crippen LogP contribution in [0.5, 0.6) is 0 Å². The first-order valence-corrected chi connectivity index (χ1v) is 16.9. The van der Waals surface area contributed by atoms with Gasteiger partial charge in [-0.15, -0.1) is 11.3 Å². The highest BCUT2D eigenvalue weighted by atomic mass is 32.1. The summed E-state index contributed by atoms with van der Waals surface area (Å²) in [6.45, 7) is 0. The van der Waals surface area contributed by atoms with E-state index in [0.717, 1.165) is 61.4 Å². The third kappa shape index (κ3) is 4.36. The van der Waals surface area contributed by atoms with Gasteiger partial charge in [-0.2, -0.15) is 0 Å².